The monoisotopic (exact) mass is 299 g/mol. The molecule has 0 spiro atoms. The Balaban J connectivity index is 1.81. The van der Waals surface area contributed by atoms with Gasteiger partial charge in [0.2, 0.25) is 0 Å². The topological polar surface area (TPSA) is 12.0 Å². The molecule has 3 atom stereocenters. The minimum atomic E-state index is -0.176. The maximum Gasteiger partial charge on any atom is 0.146 e. The molecule has 1 aliphatic carbocycles. The van der Waals surface area contributed by atoms with E-state index in [0.717, 1.165) is 22.6 Å². The molecule has 2 aliphatic rings. The molecule has 0 saturated carbocycles. The summed E-state index contributed by atoms with van der Waals surface area (Å²) >= 11 is 5.98. The summed E-state index contributed by atoms with van der Waals surface area (Å²) in [7, 11) is 0. The molecule has 1 heterocycles. The van der Waals surface area contributed by atoms with Crippen molar-refractivity contribution in [2.45, 2.75) is 18.4 Å². The van der Waals surface area contributed by atoms with Gasteiger partial charge in [-0.15, -0.1) is 0 Å². The molecule has 106 valence electrons. The SMILES string of the molecule is Fc1cccc2c1N[C@H](c1ccc(Cl)cc1)[C@H]1CC=C[C@@H]21. The zero-order valence-corrected chi connectivity index (χ0v) is 12.1. The van der Waals surface area contributed by atoms with Crippen molar-refractivity contribution in [1.29, 1.82) is 0 Å². The first-order valence-corrected chi connectivity index (χ1v) is 7.59. The summed E-state index contributed by atoms with van der Waals surface area (Å²) in [5, 5.41) is 4.14. The minimum Gasteiger partial charge on any atom is -0.375 e. The molecule has 21 heavy (non-hydrogen) atoms. The van der Waals surface area contributed by atoms with Crippen LogP contribution in [0, 0.1) is 11.7 Å². The van der Waals surface area contributed by atoms with Crippen LogP contribution in [-0.2, 0) is 0 Å². The molecule has 0 fully saturated rings. The van der Waals surface area contributed by atoms with Gasteiger partial charge < -0.3 is 5.32 Å². The Bertz CT molecular complexity index is 708. The first-order chi connectivity index (χ1) is 10.2. The van der Waals surface area contributed by atoms with E-state index in [4.69, 9.17) is 11.6 Å². The van der Waals surface area contributed by atoms with Crippen molar-refractivity contribution in [3.8, 4) is 0 Å². The number of rotatable bonds is 1. The normalized spacial score (nSPS) is 26.1. The summed E-state index contributed by atoms with van der Waals surface area (Å²) in [5.74, 6) is 0.545. The number of allylic oxidation sites excluding steroid dienone is 2. The van der Waals surface area contributed by atoms with Crippen LogP contribution in [0.15, 0.2) is 54.6 Å². The Morgan fingerprint density at radius 2 is 1.90 bits per heavy atom. The lowest BCUT2D eigenvalue weighted by Gasteiger charge is -2.37. The molecule has 0 bridgehead atoms. The first-order valence-electron chi connectivity index (χ1n) is 7.21. The van der Waals surface area contributed by atoms with Crippen molar-refractivity contribution < 1.29 is 4.39 Å². The molecule has 0 saturated heterocycles. The maximum absolute atomic E-state index is 14.2. The molecule has 0 aromatic heterocycles. The number of halogens is 2. The third-order valence-corrected chi connectivity index (χ3v) is 4.83. The van der Waals surface area contributed by atoms with Crippen LogP contribution in [0.4, 0.5) is 10.1 Å². The van der Waals surface area contributed by atoms with Crippen LogP contribution >= 0.6 is 11.6 Å². The average molecular weight is 300 g/mol. The molecule has 0 radical (unpaired) electrons. The van der Waals surface area contributed by atoms with Crippen molar-refractivity contribution in [2.75, 3.05) is 5.32 Å². The van der Waals surface area contributed by atoms with E-state index in [1.54, 1.807) is 6.07 Å². The van der Waals surface area contributed by atoms with Gasteiger partial charge in [0.25, 0.3) is 0 Å². The number of fused-ring (bicyclic) bond motifs is 3. The molecule has 3 heteroatoms. The quantitative estimate of drug-likeness (QED) is 0.704. The van der Waals surface area contributed by atoms with Gasteiger partial charge >= 0.3 is 0 Å². The first kappa shape index (κ1) is 12.9. The second kappa shape index (κ2) is 4.88. The standard InChI is InChI=1S/C18H15ClFN/c19-12-9-7-11(8-10-12)17-14-4-1-3-13(14)15-5-2-6-16(20)18(15)21-17/h1-3,5-10,13-14,17,21H,4H2/t13-,14+,17-/m1/s1. The fraction of sp³-hybridized carbons (Fsp3) is 0.222. The largest absolute Gasteiger partial charge is 0.375 e. The zero-order valence-electron chi connectivity index (χ0n) is 11.4. The van der Waals surface area contributed by atoms with Crippen LogP contribution in [0.1, 0.15) is 29.5 Å². The van der Waals surface area contributed by atoms with E-state index < -0.39 is 0 Å². The zero-order chi connectivity index (χ0) is 14.4. The second-order valence-corrected chi connectivity index (χ2v) is 6.17. The van der Waals surface area contributed by atoms with Gasteiger partial charge in [0.15, 0.2) is 0 Å². The van der Waals surface area contributed by atoms with E-state index >= 15 is 0 Å². The highest BCUT2D eigenvalue weighted by molar-refractivity contribution is 6.30. The molecule has 2 aromatic rings. The lowest BCUT2D eigenvalue weighted by Crippen LogP contribution is -2.29. The lowest BCUT2D eigenvalue weighted by molar-refractivity contribution is 0.421. The van der Waals surface area contributed by atoms with Gasteiger partial charge in [0, 0.05) is 10.9 Å². The van der Waals surface area contributed by atoms with E-state index in [9.17, 15) is 4.39 Å². The van der Waals surface area contributed by atoms with Crippen LogP contribution in [-0.4, -0.2) is 0 Å². The van der Waals surface area contributed by atoms with Gasteiger partial charge in [0.05, 0.1) is 11.7 Å². The highest BCUT2D eigenvalue weighted by atomic mass is 35.5. The molecule has 1 nitrogen and oxygen atoms in total. The predicted molar refractivity (Wildman–Crippen MR) is 84.2 cm³/mol. The molecule has 1 aliphatic heterocycles. The van der Waals surface area contributed by atoms with E-state index in [-0.39, 0.29) is 17.8 Å². The Hall–Kier alpha value is -1.80. The van der Waals surface area contributed by atoms with E-state index in [2.05, 4.69) is 17.5 Å². The van der Waals surface area contributed by atoms with Crippen LogP contribution in [0.5, 0.6) is 0 Å². The number of para-hydroxylation sites is 1. The van der Waals surface area contributed by atoms with Crippen LogP contribution in [0.25, 0.3) is 0 Å². The number of nitrogens with one attached hydrogen (secondary N) is 1. The Kier molecular flexibility index (Phi) is 3.00. The molecular formula is C18H15ClFN. The van der Waals surface area contributed by atoms with Crippen molar-refractivity contribution in [2.24, 2.45) is 5.92 Å². The highest BCUT2D eigenvalue weighted by Gasteiger charge is 2.38. The van der Waals surface area contributed by atoms with Gasteiger partial charge in [0.1, 0.15) is 5.82 Å². The van der Waals surface area contributed by atoms with E-state index in [0.29, 0.717) is 11.6 Å². The molecular weight excluding hydrogens is 285 g/mol. The summed E-state index contributed by atoms with van der Waals surface area (Å²) < 4.78 is 14.2. The second-order valence-electron chi connectivity index (χ2n) is 5.73. The van der Waals surface area contributed by atoms with Crippen LogP contribution in [0.3, 0.4) is 0 Å². The minimum absolute atomic E-state index is 0.117. The summed E-state index contributed by atoms with van der Waals surface area (Å²) in [6, 6.07) is 13.3. The average Bonchev–Trinajstić information content (AvgIpc) is 2.98. The van der Waals surface area contributed by atoms with Crippen LogP contribution in [0.2, 0.25) is 5.02 Å². The molecule has 1 N–H and O–H groups in total. The van der Waals surface area contributed by atoms with E-state index in [1.165, 1.54) is 6.07 Å². The van der Waals surface area contributed by atoms with E-state index in [1.807, 2.05) is 30.3 Å². The number of hydrogen-bond acceptors (Lipinski definition) is 1. The van der Waals surface area contributed by atoms with Crippen LogP contribution < -0.4 is 5.32 Å². The van der Waals surface area contributed by atoms with Gasteiger partial charge in [-0.1, -0.05) is 48.0 Å². The van der Waals surface area contributed by atoms with Crippen molar-refractivity contribution in [3.05, 3.63) is 76.6 Å². The summed E-state index contributed by atoms with van der Waals surface area (Å²) in [6.45, 7) is 0. The van der Waals surface area contributed by atoms with Gasteiger partial charge in [-0.25, -0.2) is 4.39 Å². The molecule has 0 unspecified atom stereocenters. The Morgan fingerprint density at radius 3 is 2.71 bits per heavy atom. The summed E-state index contributed by atoms with van der Waals surface area (Å²) in [4.78, 5) is 0. The Morgan fingerprint density at radius 1 is 1.10 bits per heavy atom. The van der Waals surface area contributed by atoms with Crippen molar-refractivity contribution in [1.82, 2.24) is 0 Å². The lowest BCUT2D eigenvalue weighted by atomic mass is 9.77. The van der Waals surface area contributed by atoms with Crippen molar-refractivity contribution in [3.63, 3.8) is 0 Å². The highest BCUT2D eigenvalue weighted by Crippen LogP contribution is 2.50. The molecule has 0 amide bonds. The molecule has 2 aromatic carbocycles. The third-order valence-electron chi connectivity index (χ3n) is 4.58. The third kappa shape index (κ3) is 2.06. The summed E-state index contributed by atoms with van der Waals surface area (Å²) in [6.07, 6.45) is 5.44. The summed E-state index contributed by atoms with van der Waals surface area (Å²) in [5.41, 5.74) is 2.87. The maximum atomic E-state index is 14.2. The predicted octanol–water partition coefficient (Wildman–Crippen LogP) is 5.31. The number of hydrogen-bond donors (Lipinski definition) is 1. The fourth-order valence-electron chi connectivity index (χ4n) is 3.58. The number of benzene rings is 2. The smallest absolute Gasteiger partial charge is 0.146 e. The van der Waals surface area contributed by atoms with Gasteiger partial charge in [-0.3, -0.25) is 0 Å². The Labute approximate surface area is 128 Å². The van der Waals surface area contributed by atoms with Crippen molar-refractivity contribution >= 4 is 17.3 Å². The van der Waals surface area contributed by atoms with Gasteiger partial charge in [-0.05, 0) is 41.7 Å². The number of anilines is 1. The fourth-order valence-corrected chi connectivity index (χ4v) is 3.71. The van der Waals surface area contributed by atoms with Gasteiger partial charge in [-0.2, -0.15) is 0 Å². The molecule has 4 rings (SSSR count).